The van der Waals surface area contributed by atoms with Crippen molar-refractivity contribution in [3.8, 4) is 0 Å². The summed E-state index contributed by atoms with van der Waals surface area (Å²) < 4.78 is 13.2. The van der Waals surface area contributed by atoms with Crippen LogP contribution in [0.4, 0.5) is 27.3 Å². The summed E-state index contributed by atoms with van der Waals surface area (Å²) >= 11 is 0. The third-order valence-electron chi connectivity index (χ3n) is 5.08. The van der Waals surface area contributed by atoms with E-state index in [-0.39, 0.29) is 23.1 Å². The first-order valence-electron chi connectivity index (χ1n) is 9.48. The number of amides is 1. The molecule has 7 N–H and O–H groups in total. The summed E-state index contributed by atoms with van der Waals surface area (Å²) in [4.78, 5) is 11.9. The lowest BCUT2D eigenvalue weighted by molar-refractivity contribution is 0.100. The molecule has 0 bridgehead atoms. The quantitative estimate of drug-likeness (QED) is 0.387. The van der Waals surface area contributed by atoms with Crippen LogP contribution in [0.2, 0.25) is 0 Å². The van der Waals surface area contributed by atoms with Gasteiger partial charge in [-0.05, 0) is 49.6 Å². The fourth-order valence-corrected chi connectivity index (χ4v) is 3.27. The smallest absolute Gasteiger partial charge is 0.250 e. The van der Waals surface area contributed by atoms with Crippen LogP contribution in [-0.4, -0.2) is 16.1 Å². The molecular formula is C21H23FN6O. The number of hydrogen-bond acceptors (Lipinski definition) is 5. The second kappa shape index (κ2) is 7.46. The Balaban J connectivity index is 1.61. The van der Waals surface area contributed by atoms with E-state index in [0.717, 1.165) is 24.1 Å². The third kappa shape index (κ3) is 4.16. The molecule has 1 atom stereocenters. The number of anilines is 4. The van der Waals surface area contributed by atoms with Crippen molar-refractivity contribution in [3.05, 3.63) is 65.1 Å². The molecule has 0 radical (unpaired) electrons. The number of primary amides is 1. The maximum absolute atomic E-state index is 13.2. The number of rotatable bonds is 7. The molecule has 1 aliphatic carbocycles. The monoisotopic (exact) mass is 394 g/mol. The van der Waals surface area contributed by atoms with Crippen molar-refractivity contribution in [2.24, 2.45) is 5.73 Å². The number of aromatic amines is 1. The van der Waals surface area contributed by atoms with Gasteiger partial charge in [0.15, 0.2) is 5.82 Å². The van der Waals surface area contributed by atoms with E-state index in [9.17, 15) is 9.18 Å². The predicted octanol–water partition coefficient (Wildman–Crippen LogP) is 4.02. The number of nitrogens with zero attached hydrogens (tertiary/aromatic N) is 1. The van der Waals surface area contributed by atoms with E-state index in [1.54, 1.807) is 24.3 Å². The second-order valence-corrected chi connectivity index (χ2v) is 7.37. The van der Waals surface area contributed by atoms with Gasteiger partial charge in [-0.3, -0.25) is 9.89 Å². The zero-order valence-electron chi connectivity index (χ0n) is 16.0. The zero-order chi connectivity index (χ0) is 20.5. The highest BCUT2D eigenvalue weighted by Gasteiger charge is 2.25. The molecule has 0 spiro atoms. The molecule has 29 heavy (non-hydrogen) atoms. The molecule has 1 saturated carbocycles. The molecule has 8 heteroatoms. The maximum Gasteiger partial charge on any atom is 0.250 e. The summed E-state index contributed by atoms with van der Waals surface area (Å²) in [7, 11) is 0. The average Bonchev–Trinajstić information content (AvgIpc) is 3.43. The SMILES string of the molecule is C[C@H](Nc1cc(Nc2cc(C3CC3)[nH]n2)c(N)c(C(N)=O)c1)c1ccc(F)cc1. The summed E-state index contributed by atoms with van der Waals surface area (Å²) in [6.07, 6.45) is 2.33. The van der Waals surface area contributed by atoms with E-state index < -0.39 is 5.91 Å². The van der Waals surface area contributed by atoms with Gasteiger partial charge in [0.1, 0.15) is 5.82 Å². The minimum absolute atomic E-state index is 0.125. The first kappa shape index (κ1) is 18.8. The number of halogens is 1. The number of aromatic nitrogens is 2. The van der Waals surface area contributed by atoms with Crippen LogP contribution >= 0.6 is 0 Å². The van der Waals surface area contributed by atoms with Crippen LogP contribution in [-0.2, 0) is 0 Å². The molecule has 0 aliphatic heterocycles. The molecule has 1 aliphatic rings. The van der Waals surface area contributed by atoms with Crippen LogP contribution in [0.3, 0.4) is 0 Å². The fourth-order valence-electron chi connectivity index (χ4n) is 3.27. The standard InChI is InChI=1S/C21H23FN6O/c1-11(12-4-6-14(22)7-5-12)25-15-8-16(21(24)29)20(23)18(9-15)26-19-10-17(27-28-19)13-2-3-13/h4-11,13,25H,2-3,23H2,1H3,(H2,24,29)(H2,26,27,28)/t11-/m0/s1. The Bertz CT molecular complexity index is 1040. The highest BCUT2D eigenvalue weighted by Crippen LogP contribution is 2.40. The summed E-state index contributed by atoms with van der Waals surface area (Å²) in [6, 6.07) is 11.5. The number of nitrogens with two attached hydrogens (primary N) is 2. The largest absolute Gasteiger partial charge is 0.396 e. The molecule has 7 nitrogen and oxygen atoms in total. The number of nitrogen functional groups attached to an aromatic ring is 1. The van der Waals surface area contributed by atoms with Crippen molar-refractivity contribution in [1.82, 2.24) is 10.2 Å². The Kier molecular flexibility index (Phi) is 4.84. The van der Waals surface area contributed by atoms with Crippen LogP contribution in [0, 0.1) is 5.82 Å². The lowest BCUT2D eigenvalue weighted by Gasteiger charge is -2.19. The van der Waals surface area contributed by atoms with Crippen molar-refractivity contribution >= 4 is 28.8 Å². The highest BCUT2D eigenvalue weighted by atomic mass is 19.1. The Hall–Kier alpha value is -3.55. The number of nitrogens with one attached hydrogen (secondary N) is 3. The van der Waals surface area contributed by atoms with E-state index in [1.165, 1.54) is 12.1 Å². The van der Waals surface area contributed by atoms with Crippen LogP contribution < -0.4 is 22.1 Å². The van der Waals surface area contributed by atoms with Crippen LogP contribution in [0.25, 0.3) is 0 Å². The molecule has 0 saturated heterocycles. The van der Waals surface area contributed by atoms with Gasteiger partial charge < -0.3 is 22.1 Å². The molecular weight excluding hydrogens is 371 g/mol. The molecule has 4 rings (SSSR count). The first-order chi connectivity index (χ1) is 13.9. The summed E-state index contributed by atoms with van der Waals surface area (Å²) in [5.41, 5.74) is 15.3. The van der Waals surface area contributed by atoms with E-state index in [4.69, 9.17) is 11.5 Å². The van der Waals surface area contributed by atoms with Crippen LogP contribution in [0.1, 0.15) is 53.3 Å². The molecule has 150 valence electrons. The summed E-state index contributed by atoms with van der Waals surface area (Å²) in [5.74, 6) is 0.253. The number of hydrogen-bond donors (Lipinski definition) is 5. The van der Waals surface area contributed by atoms with E-state index in [0.29, 0.717) is 23.1 Å². The zero-order valence-corrected chi connectivity index (χ0v) is 16.0. The topological polar surface area (TPSA) is 122 Å². The van der Waals surface area contributed by atoms with Crippen molar-refractivity contribution < 1.29 is 9.18 Å². The molecule has 3 aromatic rings. The van der Waals surface area contributed by atoms with Gasteiger partial charge in [-0.15, -0.1) is 0 Å². The van der Waals surface area contributed by atoms with E-state index >= 15 is 0 Å². The average molecular weight is 394 g/mol. The second-order valence-electron chi connectivity index (χ2n) is 7.37. The molecule has 0 unspecified atom stereocenters. The van der Waals surface area contributed by atoms with Gasteiger partial charge in [0.25, 0.3) is 5.91 Å². The molecule has 1 fully saturated rings. The normalized spacial score (nSPS) is 14.4. The molecule has 1 heterocycles. The molecule has 2 aromatic carbocycles. The Morgan fingerprint density at radius 1 is 1.24 bits per heavy atom. The highest BCUT2D eigenvalue weighted by molar-refractivity contribution is 6.02. The van der Waals surface area contributed by atoms with Crippen LogP contribution in [0.5, 0.6) is 0 Å². The van der Waals surface area contributed by atoms with Crippen molar-refractivity contribution in [2.45, 2.75) is 31.7 Å². The van der Waals surface area contributed by atoms with E-state index in [2.05, 4.69) is 20.8 Å². The molecule has 1 amide bonds. The summed E-state index contributed by atoms with van der Waals surface area (Å²) in [5, 5.41) is 13.8. The lowest BCUT2D eigenvalue weighted by Crippen LogP contribution is -2.16. The maximum atomic E-state index is 13.2. The van der Waals surface area contributed by atoms with Gasteiger partial charge in [0, 0.05) is 29.4 Å². The molecule has 1 aromatic heterocycles. The van der Waals surface area contributed by atoms with Gasteiger partial charge >= 0.3 is 0 Å². The Labute approximate surface area is 167 Å². The predicted molar refractivity (Wildman–Crippen MR) is 112 cm³/mol. The minimum atomic E-state index is -0.621. The summed E-state index contributed by atoms with van der Waals surface area (Å²) in [6.45, 7) is 1.94. The van der Waals surface area contributed by atoms with E-state index in [1.807, 2.05) is 13.0 Å². The Morgan fingerprint density at radius 3 is 2.62 bits per heavy atom. The van der Waals surface area contributed by atoms with Crippen molar-refractivity contribution in [3.63, 3.8) is 0 Å². The first-order valence-corrected chi connectivity index (χ1v) is 9.48. The number of carbonyl (C=O) groups is 1. The van der Waals surface area contributed by atoms with Gasteiger partial charge in [-0.25, -0.2) is 4.39 Å². The Morgan fingerprint density at radius 2 is 1.97 bits per heavy atom. The van der Waals surface area contributed by atoms with Crippen LogP contribution in [0.15, 0.2) is 42.5 Å². The number of H-pyrrole nitrogens is 1. The fraction of sp³-hybridized carbons (Fsp3) is 0.238. The van der Waals surface area contributed by atoms with Gasteiger partial charge in [-0.1, -0.05) is 12.1 Å². The van der Waals surface area contributed by atoms with Crippen molar-refractivity contribution in [1.29, 1.82) is 0 Å². The lowest BCUT2D eigenvalue weighted by atomic mass is 10.1. The van der Waals surface area contributed by atoms with Gasteiger partial charge in [-0.2, -0.15) is 5.10 Å². The van der Waals surface area contributed by atoms with Gasteiger partial charge in [0.05, 0.1) is 16.9 Å². The number of carbonyl (C=O) groups excluding carboxylic acids is 1. The van der Waals surface area contributed by atoms with Gasteiger partial charge in [0.2, 0.25) is 0 Å². The third-order valence-corrected chi connectivity index (χ3v) is 5.08. The number of benzene rings is 2. The minimum Gasteiger partial charge on any atom is -0.396 e. The van der Waals surface area contributed by atoms with Crippen molar-refractivity contribution in [2.75, 3.05) is 16.4 Å².